The molecule has 2 fully saturated rings. The molecular weight excluding hydrogens is 433 g/mol. The zero-order valence-electron chi connectivity index (χ0n) is 17.1. The summed E-state index contributed by atoms with van der Waals surface area (Å²) in [6.07, 6.45) is 0. The summed E-state index contributed by atoms with van der Waals surface area (Å²) >= 11 is 12.2. The van der Waals surface area contributed by atoms with Crippen molar-refractivity contribution in [1.29, 1.82) is 5.26 Å². The highest BCUT2D eigenvalue weighted by molar-refractivity contribution is 6.30. The lowest BCUT2D eigenvalue weighted by Gasteiger charge is -2.25. The normalized spacial score (nSPS) is 20.9. The molecule has 8 heteroatoms. The van der Waals surface area contributed by atoms with Crippen LogP contribution in [0.25, 0.3) is 11.0 Å². The van der Waals surface area contributed by atoms with Crippen molar-refractivity contribution in [3.05, 3.63) is 68.1 Å². The van der Waals surface area contributed by atoms with Gasteiger partial charge in [-0.1, -0.05) is 35.3 Å². The van der Waals surface area contributed by atoms with Gasteiger partial charge in [-0.25, -0.2) is 4.98 Å². The monoisotopic (exact) mass is 453 g/mol. The fourth-order valence-electron chi connectivity index (χ4n) is 5.03. The Labute approximate surface area is 190 Å². The van der Waals surface area contributed by atoms with Crippen LogP contribution in [-0.4, -0.2) is 40.6 Å². The summed E-state index contributed by atoms with van der Waals surface area (Å²) in [6, 6.07) is 13.6. The number of nitriles is 1. The van der Waals surface area contributed by atoms with Crippen molar-refractivity contribution in [1.82, 2.24) is 14.5 Å². The molecule has 0 spiro atoms. The summed E-state index contributed by atoms with van der Waals surface area (Å²) in [6.45, 7) is 4.48. The molecule has 2 aliphatic heterocycles. The predicted molar refractivity (Wildman–Crippen MR) is 123 cm³/mol. The third-order valence-corrected chi connectivity index (χ3v) is 6.95. The maximum Gasteiger partial charge on any atom is 0.270 e. The minimum atomic E-state index is -0.296. The smallest absolute Gasteiger partial charge is 0.270 e. The lowest BCUT2D eigenvalue weighted by molar-refractivity contribution is 0.309. The third-order valence-electron chi connectivity index (χ3n) is 6.49. The van der Waals surface area contributed by atoms with Gasteiger partial charge in [-0.05, 0) is 41.7 Å². The first-order valence-corrected chi connectivity index (χ1v) is 11.0. The molecule has 0 radical (unpaired) electrons. The van der Waals surface area contributed by atoms with Gasteiger partial charge in [-0.15, -0.1) is 0 Å². The fraction of sp³-hybridized carbons (Fsp3) is 0.348. The minimum Gasteiger partial charge on any atom is -0.368 e. The van der Waals surface area contributed by atoms with Crippen LogP contribution in [0.3, 0.4) is 0 Å². The van der Waals surface area contributed by atoms with Crippen LogP contribution in [0.15, 0.2) is 41.2 Å². The molecule has 0 aliphatic carbocycles. The van der Waals surface area contributed by atoms with Gasteiger partial charge in [-0.3, -0.25) is 9.69 Å². The van der Waals surface area contributed by atoms with E-state index in [1.807, 2.05) is 12.1 Å². The highest BCUT2D eigenvalue weighted by Gasteiger charge is 2.41. The van der Waals surface area contributed by atoms with Crippen LogP contribution in [0.4, 0.5) is 5.69 Å². The lowest BCUT2D eigenvalue weighted by Crippen LogP contribution is -2.32. The van der Waals surface area contributed by atoms with Crippen molar-refractivity contribution in [2.75, 3.05) is 31.1 Å². The van der Waals surface area contributed by atoms with Crippen molar-refractivity contribution in [3.63, 3.8) is 0 Å². The maximum atomic E-state index is 12.8. The number of anilines is 1. The number of pyridine rings is 2. The summed E-state index contributed by atoms with van der Waals surface area (Å²) in [7, 11) is 1.66. The van der Waals surface area contributed by atoms with Gasteiger partial charge in [0.05, 0.1) is 11.2 Å². The van der Waals surface area contributed by atoms with Gasteiger partial charge in [0.25, 0.3) is 5.56 Å². The molecule has 0 unspecified atom stereocenters. The van der Waals surface area contributed by atoms with Crippen molar-refractivity contribution in [2.45, 2.75) is 6.54 Å². The number of hydrogen-bond acceptors (Lipinski definition) is 5. The molecule has 0 saturated carbocycles. The maximum absolute atomic E-state index is 12.8. The number of nitrogens with zero attached hydrogens (tertiary/aromatic N) is 5. The van der Waals surface area contributed by atoms with E-state index in [9.17, 15) is 10.1 Å². The molecule has 2 aliphatic rings. The van der Waals surface area contributed by atoms with E-state index in [-0.39, 0.29) is 11.1 Å². The number of hydrogen-bond donors (Lipinski definition) is 0. The second kappa shape index (κ2) is 7.83. The molecule has 1 aromatic carbocycles. The Morgan fingerprint density at radius 2 is 1.74 bits per heavy atom. The van der Waals surface area contributed by atoms with E-state index in [2.05, 4.69) is 33.0 Å². The summed E-state index contributed by atoms with van der Waals surface area (Å²) in [5.74, 6) is 0.967. The van der Waals surface area contributed by atoms with Gasteiger partial charge in [0.1, 0.15) is 22.3 Å². The molecular formula is C23H21Cl2N5O. The minimum absolute atomic E-state index is 0.141. The van der Waals surface area contributed by atoms with Crippen LogP contribution in [0, 0.1) is 23.2 Å². The first-order chi connectivity index (χ1) is 14.9. The molecule has 6 nitrogen and oxygen atoms in total. The highest BCUT2D eigenvalue weighted by atomic mass is 35.5. The number of aromatic nitrogens is 2. The van der Waals surface area contributed by atoms with Crippen molar-refractivity contribution >= 4 is 39.9 Å². The average molecular weight is 454 g/mol. The van der Waals surface area contributed by atoms with E-state index in [1.54, 1.807) is 19.2 Å². The second-order valence-electron chi connectivity index (χ2n) is 8.45. The number of likely N-dealkylation sites (tertiary alicyclic amines) is 1. The second-order valence-corrected chi connectivity index (χ2v) is 9.27. The van der Waals surface area contributed by atoms with Crippen LogP contribution in [0.1, 0.15) is 11.1 Å². The first-order valence-electron chi connectivity index (χ1n) is 10.3. The van der Waals surface area contributed by atoms with E-state index in [0.717, 1.165) is 37.7 Å². The largest absolute Gasteiger partial charge is 0.368 e. The fourth-order valence-corrected chi connectivity index (χ4v) is 5.30. The molecule has 2 aromatic heterocycles. The number of rotatable bonds is 3. The number of halogens is 2. The topological polar surface area (TPSA) is 65.2 Å². The lowest BCUT2D eigenvalue weighted by atomic mass is 10.0. The number of aryl methyl sites for hydroxylation is 1. The summed E-state index contributed by atoms with van der Waals surface area (Å²) in [4.78, 5) is 22.0. The van der Waals surface area contributed by atoms with Crippen LogP contribution in [0.5, 0.6) is 0 Å². The van der Waals surface area contributed by atoms with Gasteiger partial charge in [-0.2, -0.15) is 5.26 Å². The Hall–Kier alpha value is -2.59. The number of fused-ring (bicyclic) bond motifs is 2. The first kappa shape index (κ1) is 20.3. The van der Waals surface area contributed by atoms with Crippen molar-refractivity contribution < 1.29 is 0 Å². The van der Waals surface area contributed by atoms with E-state index in [0.29, 0.717) is 33.7 Å². The molecule has 0 bridgehead atoms. The van der Waals surface area contributed by atoms with E-state index < -0.39 is 0 Å². The zero-order valence-corrected chi connectivity index (χ0v) is 18.6. The molecule has 2 atom stereocenters. The summed E-state index contributed by atoms with van der Waals surface area (Å²) < 4.78 is 1.48. The Morgan fingerprint density at radius 1 is 1.06 bits per heavy atom. The van der Waals surface area contributed by atoms with Crippen LogP contribution >= 0.6 is 23.2 Å². The Bertz CT molecular complexity index is 1250. The molecule has 0 amide bonds. The molecule has 4 heterocycles. The quantitative estimate of drug-likeness (QED) is 0.565. The van der Waals surface area contributed by atoms with Crippen LogP contribution in [0.2, 0.25) is 10.2 Å². The van der Waals surface area contributed by atoms with E-state index in [1.165, 1.54) is 10.1 Å². The molecule has 0 N–H and O–H groups in total. The summed E-state index contributed by atoms with van der Waals surface area (Å²) in [5, 5.41) is 10.9. The van der Waals surface area contributed by atoms with Gasteiger partial charge >= 0.3 is 0 Å². The SMILES string of the molecule is Cn1c(=O)c(C#N)c(N2C[C@H]3CN(Cc4ccc(Cl)cc4)C[C@@H]3C2)c2nc(Cl)ccc21. The standard InChI is InChI=1S/C23H21Cl2N5O/c1-28-19-6-7-20(25)27-21(19)22(18(8-26)23(28)31)30-12-15-10-29(11-16(15)13-30)9-14-2-4-17(24)5-3-14/h2-7,15-16H,9-13H2,1H3/t15-,16-/m1/s1. The third kappa shape index (κ3) is 3.57. The van der Waals surface area contributed by atoms with Gasteiger partial charge in [0, 0.05) is 44.8 Å². The van der Waals surface area contributed by atoms with E-state index >= 15 is 0 Å². The Morgan fingerprint density at radius 3 is 2.39 bits per heavy atom. The van der Waals surface area contributed by atoms with Gasteiger partial charge in [0.2, 0.25) is 0 Å². The predicted octanol–water partition coefficient (Wildman–Crippen LogP) is 3.68. The molecule has 31 heavy (non-hydrogen) atoms. The van der Waals surface area contributed by atoms with Gasteiger partial charge < -0.3 is 9.47 Å². The number of benzene rings is 1. The Kier molecular flexibility index (Phi) is 5.13. The average Bonchev–Trinajstić information content (AvgIpc) is 3.30. The van der Waals surface area contributed by atoms with Crippen LogP contribution in [-0.2, 0) is 13.6 Å². The Balaban J connectivity index is 1.42. The van der Waals surface area contributed by atoms with E-state index in [4.69, 9.17) is 23.2 Å². The van der Waals surface area contributed by atoms with Gasteiger partial charge in [0.15, 0.2) is 0 Å². The summed E-state index contributed by atoms with van der Waals surface area (Å²) in [5.41, 5.74) is 3.03. The van der Waals surface area contributed by atoms with Crippen molar-refractivity contribution in [3.8, 4) is 6.07 Å². The molecule has 2 saturated heterocycles. The molecule has 158 valence electrons. The van der Waals surface area contributed by atoms with Crippen LogP contribution < -0.4 is 10.5 Å². The van der Waals surface area contributed by atoms with Crippen molar-refractivity contribution in [2.24, 2.45) is 18.9 Å². The highest BCUT2D eigenvalue weighted by Crippen LogP contribution is 2.38. The zero-order chi connectivity index (χ0) is 21.7. The molecule has 5 rings (SSSR count). The molecule has 3 aromatic rings.